The summed E-state index contributed by atoms with van der Waals surface area (Å²) >= 11 is 6.86. The maximum atomic E-state index is 14.3. The van der Waals surface area contributed by atoms with E-state index < -0.39 is 24.7 Å². The number of fused-ring (bicyclic) bond motifs is 1. The first-order valence-corrected chi connectivity index (χ1v) is 23.7. The van der Waals surface area contributed by atoms with E-state index >= 15 is 0 Å². The van der Waals surface area contributed by atoms with Crippen LogP contribution in [0.15, 0.2) is 74.7 Å². The molecule has 1 aliphatic heterocycles. The lowest BCUT2D eigenvalue weighted by molar-refractivity contribution is 0.0511. The number of rotatable bonds is 10. The molecule has 3 aromatic carbocycles. The zero-order chi connectivity index (χ0) is 47.9. The van der Waals surface area contributed by atoms with Gasteiger partial charge in [0.05, 0.1) is 44.5 Å². The predicted molar refractivity (Wildman–Crippen MR) is 256 cm³/mol. The van der Waals surface area contributed by atoms with Gasteiger partial charge in [-0.15, -0.1) is 34.0 Å². The molecule has 2 fully saturated rings. The Morgan fingerprint density at radius 3 is 1.72 bits per heavy atom. The number of halogens is 4. The van der Waals surface area contributed by atoms with Crippen molar-refractivity contribution in [1.82, 2.24) is 19.9 Å². The first-order chi connectivity index (χ1) is 31.7. The quantitative estimate of drug-likeness (QED) is 0.0870. The smallest absolute Gasteiger partial charge is 0.495 e. The number of aromatic nitrogens is 3. The van der Waals surface area contributed by atoms with Gasteiger partial charge in [0.15, 0.2) is 15.3 Å². The minimum Gasteiger partial charge on any atom is -0.497 e. The predicted octanol–water partition coefficient (Wildman–Crippen LogP) is 9.50. The number of thiazole rings is 3. The van der Waals surface area contributed by atoms with Gasteiger partial charge in [0, 0.05) is 29.2 Å². The first-order valence-electron chi connectivity index (χ1n) is 20.3. The Kier molecular flexibility index (Phi) is 21.2. The van der Waals surface area contributed by atoms with Crippen LogP contribution in [0.1, 0.15) is 77.9 Å². The van der Waals surface area contributed by atoms with Crippen molar-refractivity contribution >= 4 is 80.4 Å². The number of piperidine rings is 1. The van der Waals surface area contributed by atoms with Crippen LogP contribution in [0.5, 0.6) is 17.2 Å². The number of benzene rings is 3. The minimum atomic E-state index is -1.85. The number of esters is 1. The summed E-state index contributed by atoms with van der Waals surface area (Å²) < 4.78 is 61.3. The number of nitrogens with zero attached hydrogens (tertiary/aromatic N) is 4. The SMILES string of the molecule is C.CCOC(=O)c1csc(Br)n1.COc1cccc(F)c1-c1nc(C(=O)N2CC[C@H]3CCCC[C@@H]3C2)cs1.COc1cccc(F)c1-c1nc(C(=O)O)cs1.COc1cccc(F)c1B(O)O. The molecule has 358 valence electrons. The topological polar surface area (TPSA) is 191 Å². The molecule has 67 heavy (non-hydrogen) atoms. The highest BCUT2D eigenvalue weighted by atomic mass is 79.9. The van der Waals surface area contributed by atoms with E-state index in [9.17, 15) is 27.6 Å². The summed E-state index contributed by atoms with van der Waals surface area (Å²) in [4.78, 5) is 48.7. The molecule has 2 aliphatic rings. The summed E-state index contributed by atoms with van der Waals surface area (Å²) in [7, 11) is 2.41. The Hall–Kier alpha value is -5.39. The van der Waals surface area contributed by atoms with Crippen molar-refractivity contribution in [2.45, 2.75) is 46.5 Å². The van der Waals surface area contributed by atoms with Gasteiger partial charge in [-0.1, -0.05) is 44.9 Å². The minimum absolute atomic E-state index is 0. The molecule has 4 heterocycles. The fourth-order valence-electron chi connectivity index (χ4n) is 7.18. The average molecular weight is 1050 g/mol. The van der Waals surface area contributed by atoms with Gasteiger partial charge in [0.25, 0.3) is 5.91 Å². The molecular weight excluding hydrogens is 1000 g/mol. The van der Waals surface area contributed by atoms with Crippen molar-refractivity contribution in [2.75, 3.05) is 41.0 Å². The lowest BCUT2D eigenvalue weighted by Crippen LogP contribution is -2.44. The Morgan fingerprint density at radius 2 is 1.24 bits per heavy atom. The van der Waals surface area contributed by atoms with Crippen LogP contribution in [0.4, 0.5) is 13.2 Å². The van der Waals surface area contributed by atoms with Crippen LogP contribution in [0, 0.1) is 29.3 Å². The van der Waals surface area contributed by atoms with E-state index in [-0.39, 0.29) is 52.6 Å². The highest BCUT2D eigenvalue weighted by molar-refractivity contribution is 9.11. The summed E-state index contributed by atoms with van der Waals surface area (Å²) in [5.41, 5.74) is 0.945. The second-order valence-electron chi connectivity index (χ2n) is 14.3. The molecule has 2 atom stereocenters. The molecule has 14 nitrogen and oxygen atoms in total. The van der Waals surface area contributed by atoms with Crippen LogP contribution < -0.4 is 19.7 Å². The summed E-state index contributed by atoms with van der Waals surface area (Å²) in [6.45, 7) is 3.78. The van der Waals surface area contributed by atoms with E-state index in [0.29, 0.717) is 49.9 Å². The fourth-order valence-corrected chi connectivity index (χ4v) is 9.85. The van der Waals surface area contributed by atoms with Crippen LogP contribution in [0.2, 0.25) is 0 Å². The third-order valence-corrected chi connectivity index (χ3v) is 13.4. The number of methoxy groups -OCH3 is 3. The monoisotopic (exact) mass is 1050 g/mol. The summed E-state index contributed by atoms with van der Waals surface area (Å²) in [6.07, 6.45) is 6.23. The first kappa shape index (κ1) is 54.2. The van der Waals surface area contributed by atoms with Gasteiger partial charge in [-0.2, -0.15) is 0 Å². The highest BCUT2D eigenvalue weighted by Gasteiger charge is 2.34. The van der Waals surface area contributed by atoms with Gasteiger partial charge < -0.3 is 39.0 Å². The lowest BCUT2D eigenvalue weighted by atomic mass is 9.75. The van der Waals surface area contributed by atoms with Gasteiger partial charge in [-0.3, -0.25) is 4.79 Å². The Labute approximate surface area is 406 Å². The van der Waals surface area contributed by atoms with Crippen LogP contribution in [-0.2, 0) is 4.74 Å². The van der Waals surface area contributed by atoms with Crippen molar-refractivity contribution in [3.8, 4) is 38.4 Å². The summed E-state index contributed by atoms with van der Waals surface area (Å²) in [5.74, 6) is -0.805. The number of aromatic carboxylic acids is 1. The molecule has 3 aromatic heterocycles. The van der Waals surface area contributed by atoms with Crippen molar-refractivity contribution in [2.24, 2.45) is 11.8 Å². The maximum absolute atomic E-state index is 14.3. The van der Waals surface area contributed by atoms with E-state index in [2.05, 4.69) is 30.9 Å². The molecule has 0 bridgehead atoms. The molecular formula is C45H49BBrF3N4O10S3. The van der Waals surface area contributed by atoms with E-state index in [1.54, 1.807) is 35.9 Å². The number of carbonyl (C=O) groups excluding carboxylic acids is 2. The molecule has 8 rings (SSSR count). The molecule has 6 aromatic rings. The summed E-state index contributed by atoms with van der Waals surface area (Å²) in [6, 6.07) is 13.1. The zero-order valence-corrected chi connectivity index (χ0v) is 40.1. The number of ether oxygens (including phenoxy) is 4. The number of carboxylic acids is 1. The zero-order valence-electron chi connectivity index (χ0n) is 36.0. The number of amides is 1. The standard InChI is InChI=1S/C20H23FN2O2S.C11H8FNO3S.C7H8BFO3.C6H6BrNO2S.CH4/c1-25-17-8-4-7-15(21)18(17)19-22-16(12-26-19)20(24)23-10-9-13-5-2-3-6-14(13)11-23;1-16-8-4-2-3-6(12)9(8)10-13-7(5-17-10)11(14)15;1-12-6-4-2-3-5(9)7(6)8(10)11;1-2-10-5(9)4-3-11-6(7)8-4;/h4,7-8,12-14H,2-3,5-6,9-11H2,1H3;2-5H,1H3,(H,14,15);2-4,10-11H,1H3;3H,2H2,1H3;1H4/t13-,14-;;;;/m1..../s1. The largest absolute Gasteiger partial charge is 0.497 e. The number of likely N-dealkylation sites (tertiary alicyclic amines) is 1. The fraction of sp³-hybridized carbons (Fsp3) is 0.333. The molecule has 1 saturated carbocycles. The van der Waals surface area contributed by atoms with E-state index in [1.807, 2.05) is 4.90 Å². The molecule has 1 aliphatic carbocycles. The second-order valence-corrected chi connectivity index (χ2v) is 18.1. The Bertz CT molecular complexity index is 2580. The van der Waals surface area contributed by atoms with E-state index in [1.165, 1.54) is 105 Å². The van der Waals surface area contributed by atoms with Crippen molar-refractivity contribution < 1.29 is 61.7 Å². The number of hydrogen-bond donors (Lipinski definition) is 3. The van der Waals surface area contributed by atoms with Gasteiger partial charge >= 0.3 is 19.1 Å². The van der Waals surface area contributed by atoms with E-state index in [0.717, 1.165) is 42.8 Å². The molecule has 22 heteroatoms. The van der Waals surface area contributed by atoms with Gasteiger partial charge in [0.2, 0.25) is 0 Å². The van der Waals surface area contributed by atoms with Crippen LogP contribution in [0.3, 0.4) is 0 Å². The Balaban J connectivity index is 0.000000207. The number of carboxylic acid groups (broad SMARTS) is 1. The highest BCUT2D eigenvalue weighted by Crippen LogP contribution is 2.38. The molecule has 3 N–H and O–H groups in total. The maximum Gasteiger partial charge on any atom is 0.495 e. The van der Waals surface area contributed by atoms with Crippen molar-refractivity contribution in [3.05, 3.63) is 109 Å². The number of hydrogen-bond acceptors (Lipinski definition) is 15. The van der Waals surface area contributed by atoms with Crippen molar-refractivity contribution in [1.29, 1.82) is 0 Å². The summed E-state index contributed by atoms with van der Waals surface area (Å²) in [5, 5.41) is 31.8. The second kappa shape index (κ2) is 26.2. The van der Waals surface area contributed by atoms with Crippen LogP contribution in [0.25, 0.3) is 21.1 Å². The molecule has 1 saturated heterocycles. The molecule has 0 spiro atoms. The normalized spacial score (nSPS) is 14.7. The van der Waals surface area contributed by atoms with Crippen molar-refractivity contribution in [3.63, 3.8) is 0 Å². The third-order valence-electron chi connectivity index (χ3n) is 10.3. The molecule has 0 unspecified atom stereocenters. The van der Waals surface area contributed by atoms with Crippen LogP contribution in [-0.4, -0.2) is 101 Å². The third kappa shape index (κ3) is 14.3. The molecule has 0 radical (unpaired) electrons. The van der Waals surface area contributed by atoms with E-state index in [4.69, 9.17) is 34.1 Å². The average Bonchev–Trinajstić information content (AvgIpc) is 4.11. The molecule has 1 amide bonds. The number of carbonyl (C=O) groups is 3. The van der Waals surface area contributed by atoms with Crippen LogP contribution >= 0.6 is 49.9 Å². The lowest BCUT2D eigenvalue weighted by Gasteiger charge is -2.41. The van der Waals surface area contributed by atoms with Gasteiger partial charge in [-0.25, -0.2) is 37.7 Å². The van der Waals surface area contributed by atoms with Gasteiger partial charge in [0.1, 0.15) is 50.4 Å². The van der Waals surface area contributed by atoms with Gasteiger partial charge in [-0.05, 0) is 83.9 Å². The Morgan fingerprint density at radius 1 is 0.731 bits per heavy atom.